The molecule has 0 saturated heterocycles. The zero-order valence-electron chi connectivity index (χ0n) is 19.1. The molecule has 180 valence electrons. The van der Waals surface area contributed by atoms with Crippen molar-refractivity contribution in [2.45, 2.75) is 26.6 Å². The van der Waals surface area contributed by atoms with Gasteiger partial charge in [0, 0.05) is 5.69 Å². The molecule has 0 bridgehead atoms. The number of nitrogens with one attached hydrogen (secondary N) is 2. The van der Waals surface area contributed by atoms with Crippen molar-refractivity contribution in [2.24, 2.45) is 0 Å². The summed E-state index contributed by atoms with van der Waals surface area (Å²) in [4.78, 5) is 0. The van der Waals surface area contributed by atoms with Gasteiger partial charge in [0.2, 0.25) is 0 Å². The van der Waals surface area contributed by atoms with E-state index in [-0.39, 0.29) is 10.8 Å². The molecule has 0 saturated carbocycles. The lowest BCUT2D eigenvalue weighted by Crippen LogP contribution is -2.20. The molecule has 0 aliphatic carbocycles. The summed E-state index contributed by atoms with van der Waals surface area (Å²) in [6, 6.07) is 22.2. The minimum atomic E-state index is -4.43. The summed E-state index contributed by atoms with van der Waals surface area (Å²) in [7, 11) is 0. The van der Waals surface area contributed by atoms with E-state index >= 15 is 0 Å². The molecule has 2 N–H and O–H groups in total. The molecule has 0 aliphatic rings. The summed E-state index contributed by atoms with van der Waals surface area (Å²) >= 11 is 5.34. The van der Waals surface area contributed by atoms with Crippen molar-refractivity contribution in [3.05, 3.63) is 101 Å². The van der Waals surface area contributed by atoms with Crippen LogP contribution in [0.5, 0.6) is 11.5 Å². The predicted molar refractivity (Wildman–Crippen MR) is 135 cm³/mol. The quantitative estimate of drug-likeness (QED) is 0.277. The Morgan fingerprint density at radius 3 is 2.37 bits per heavy atom. The van der Waals surface area contributed by atoms with Crippen molar-refractivity contribution in [1.29, 1.82) is 0 Å². The minimum absolute atomic E-state index is 0.174. The van der Waals surface area contributed by atoms with E-state index < -0.39 is 11.7 Å². The summed E-state index contributed by atoms with van der Waals surface area (Å²) in [6.45, 7) is 4.25. The SMILES string of the molecule is Cc1nn(Cc2cccc(Oc3ccccc3)c2)c(C)c1NC(=S)Nc1cccc(C(F)(F)F)c1. The summed E-state index contributed by atoms with van der Waals surface area (Å²) in [5, 5.41) is 10.7. The van der Waals surface area contributed by atoms with Crippen LogP contribution in [0.25, 0.3) is 0 Å². The Morgan fingerprint density at radius 2 is 1.63 bits per heavy atom. The molecule has 4 rings (SSSR count). The molecule has 0 spiro atoms. The van der Waals surface area contributed by atoms with Crippen molar-refractivity contribution >= 4 is 28.7 Å². The van der Waals surface area contributed by atoms with Crippen molar-refractivity contribution < 1.29 is 17.9 Å². The number of aryl methyl sites for hydroxylation is 1. The first-order valence-corrected chi connectivity index (χ1v) is 11.2. The third-order valence-corrected chi connectivity index (χ3v) is 5.48. The molecule has 0 fully saturated rings. The normalized spacial score (nSPS) is 11.2. The van der Waals surface area contributed by atoms with E-state index in [4.69, 9.17) is 17.0 Å². The van der Waals surface area contributed by atoms with Gasteiger partial charge >= 0.3 is 6.18 Å². The van der Waals surface area contributed by atoms with Crippen LogP contribution >= 0.6 is 12.2 Å². The Bertz CT molecular complexity index is 1340. The zero-order chi connectivity index (χ0) is 25.0. The van der Waals surface area contributed by atoms with E-state index in [2.05, 4.69) is 15.7 Å². The Hall–Kier alpha value is -3.85. The van der Waals surface area contributed by atoms with Crippen LogP contribution in [0, 0.1) is 13.8 Å². The largest absolute Gasteiger partial charge is 0.457 e. The standard InChI is InChI=1S/C26H23F3N4OS/c1-17-24(31-25(35)30-21-10-7-9-20(15-21)26(27,28)29)18(2)33(32-17)16-19-8-6-13-23(14-19)34-22-11-4-3-5-12-22/h3-15H,16H2,1-2H3,(H2,30,31,35). The fraction of sp³-hybridized carbons (Fsp3) is 0.154. The highest BCUT2D eigenvalue weighted by Crippen LogP contribution is 2.31. The number of para-hydroxylation sites is 1. The molecule has 0 amide bonds. The van der Waals surface area contributed by atoms with Crippen LogP contribution in [0.3, 0.4) is 0 Å². The van der Waals surface area contributed by atoms with Crippen LogP contribution in [0.4, 0.5) is 24.5 Å². The van der Waals surface area contributed by atoms with Gasteiger partial charge in [-0.15, -0.1) is 0 Å². The van der Waals surface area contributed by atoms with Crippen LogP contribution < -0.4 is 15.4 Å². The molecule has 0 unspecified atom stereocenters. The molecule has 0 aliphatic heterocycles. The number of rotatable bonds is 6. The Morgan fingerprint density at radius 1 is 0.914 bits per heavy atom. The second-order valence-corrected chi connectivity index (χ2v) is 8.33. The van der Waals surface area contributed by atoms with Gasteiger partial charge in [-0.05, 0) is 74.1 Å². The molecular weight excluding hydrogens is 473 g/mol. The zero-order valence-corrected chi connectivity index (χ0v) is 19.9. The number of aromatic nitrogens is 2. The summed E-state index contributed by atoms with van der Waals surface area (Å²) < 4.78 is 46.7. The van der Waals surface area contributed by atoms with E-state index in [0.29, 0.717) is 17.9 Å². The van der Waals surface area contributed by atoms with Gasteiger partial charge in [0.15, 0.2) is 5.11 Å². The van der Waals surface area contributed by atoms with Gasteiger partial charge in [0.25, 0.3) is 0 Å². The van der Waals surface area contributed by atoms with Crippen molar-refractivity contribution in [1.82, 2.24) is 9.78 Å². The monoisotopic (exact) mass is 496 g/mol. The average molecular weight is 497 g/mol. The first-order valence-electron chi connectivity index (χ1n) is 10.8. The average Bonchev–Trinajstić information content (AvgIpc) is 3.07. The van der Waals surface area contributed by atoms with Crippen molar-refractivity contribution in [3.8, 4) is 11.5 Å². The number of benzene rings is 3. The Labute approximate surface area is 206 Å². The Balaban J connectivity index is 1.45. The second kappa shape index (κ2) is 10.2. The molecule has 9 heteroatoms. The minimum Gasteiger partial charge on any atom is -0.457 e. The lowest BCUT2D eigenvalue weighted by molar-refractivity contribution is -0.137. The summed E-state index contributed by atoms with van der Waals surface area (Å²) in [6.07, 6.45) is -4.43. The highest BCUT2D eigenvalue weighted by Gasteiger charge is 2.30. The highest BCUT2D eigenvalue weighted by molar-refractivity contribution is 7.80. The molecule has 35 heavy (non-hydrogen) atoms. The molecule has 1 aromatic heterocycles. The maximum atomic E-state index is 13.0. The van der Waals surface area contributed by atoms with E-state index in [1.54, 1.807) is 0 Å². The molecule has 4 aromatic rings. The van der Waals surface area contributed by atoms with E-state index in [1.165, 1.54) is 12.1 Å². The smallest absolute Gasteiger partial charge is 0.416 e. The first kappa shape index (κ1) is 24.3. The van der Waals surface area contributed by atoms with Crippen molar-refractivity contribution in [2.75, 3.05) is 10.6 Å². The molecular formula is C26H23F3N4OS. The van der Waals surface area contributed by atoms with Gasteiger partial charge in [-0.2, -0.15) is 18.3 Å². The maximum Gasteiger partial charge on any atom is 0.416 e. The van der Waals surface area contributed by atoms with E-state index in [0.717, 1.165) is 34.9 Å². The second-order valence-electron chi connectivity index (χ2n) is 7.92. The highest BCUT2D eigenvalue weighted by atomic mass is 32.1. The van der Waals surface area contributed by atoms with Gasteiger partial charge in [-0.1, -0.05) is 36.4 Å². The lowest BCUT2D eigenvalue weighted by atomic mass is 10.2. The number of ether oxygens (including phenoxy) is 1. The van der Waals surface area contributed by atoms with Crippen LogP contribution in [-0.2, 0) is 12.7 Å². The third kappa shape index (κ3) is 6.19. The fourth-order valence-corrected chi connectivity index (χ4v) is 3.81. The van der Waals surface area contributed by atoms with Crippen LogP contribution in [-0.4, -0.2) is 14.9 Å². The Kier molecular flexibility index (Phi) is 7.07. The molecule has 0 atom stereocenters. The number of nitrogens with zero attached hydrogens (tertiary/aromatic N) is 2. The number of hydrogen-bond donors (Lipinski definition) is 2. The van der Waals surface area contributed by atoms with Crippen molar-refractivity contribution in [3.63, 3.8) is 0 Å². The van der Waals surface area contributed by atoms with Gasteiger partial charge in [0.05, 0.1) is 29.2 Å². The first-order chi connectivity index (χ1) is 16.7. The number of hydrogen-bond acceptors (Lipinski definition) is 3. The fourth-order valence-electron chi connectivity index (χ4n) is 3.59. The topological polar surface area (TPSA) is 51.1 Å². The number of anilines is 2. The number of halogens is 3. The van der Waals surface area contributed by atoms with Gasteiger partial charge in [-0.3, -0.25) is 4.68 Å². The molecule has 5 nitrogen and oxygen atoms in total. The summed E-state index contributed by atoms with van der Waals surface area (Å²) in [5.74, 6) is 1.48. The van der Waals surface area contributed by atoms with E-state index in [9.17, 15) is 13.2 Å². The molecule has 3 aromatic carbocycles. The third-order valence-electron chi connectivity index (χ3n) is 5.28. The maximum absolute atomic E-state index is 13.0. The van der Waals surface area contributed by atoms with Crippen LogP contribution in [0.2, 0.25) is 0 Å². The summed E-state index contributed by atoms with van der Waals surface area (Å²) in [5.41, 5.74) is 2.75. The molecule has 0 radical (unpaired) electrons. The van der Waals surface area contributed by atoms with E-state index in [1.807, 2.05) is 73.1 Å². The predicted octanol–water partition coefficient (Wildman–Crippen LogP) is 7.17. The molecule has 1 heterocycles. The number of alkyl halides is 3. The van der Waals surface area contributed by atoms with Gasteiger partial charge < -0.3 is 15.4 Å². The van der Waals surface area contributed by atoms with Crippen LogP contribution in [0.1, 0.15) is 22.5 Å². The van der Waals surface area contributed by atoms with Gasteiger partial charge in [-0.25, -0.2) is 0 Å². The van der Waals surface area contributed by atoms with Gasteiger partial charge in [0.1, 0.15) is 11.5 Å². The lowest BCUT2D eigenvalue weighted by Gasteiger charge is -2.13. The number of thiocarbonyl (C=S) groups is 1. The van der Waals surface area contributed by atoms with Crippen LogP contribution in [0.15, 0.2) is 78.9 Å².